The van der Waals surface area contributed by atoms with Crippen molar-refractivity contribution in [3.05, 3.63) is 28.0 Å². The van der Waals surface area contributed by atoms with Gasteiger partial charge in [0.1, 0.15) is 0 Å². The Bertz CT molecular complexity index is 730. The number of nitrogens with one attached hydrogen (secondary N) is 2. The molecule has 0 radical (unpaired) electrons. The van der Waals surface area contributed by atoms with Gasteiger partial charge in [-0.3, -0.25) is 4.68 Å². The number of thiazole rings is 1. The molecule has 2 heterocycles. The van der Waals surface area contributed by atoms with Gasteiger partial charge in [0.25, 0.3) is 0 Å². The first kappa shape index (κ1) is 20.2. The van der Waals surface area contributed by atoms with E-state index in [1.54, 1.807) is 11.3 Å². The maximum atomic E-state index is 4.78. The number of aliphatic imine (C=N–C) groups is 1. The van der Waals surface area contributed by atoms with Crippen molar-refractivity contribution in [2.75, 3.05) is 25.5 Å². The third-order valence-electron chi connectivity index (χ3n) is 4.13. The van der Waals surface area contributed by atoms with Crippen molar-refractivity contribution in [3.63, 3.8) is 0 Å². The van der Waals surface area contributed by atoms with Crippen LogP contribution in [0.3, 0.4) is 0 Å². The number of aromatic nitrogens is 3. The average molecular weight is 378 g/mol. The molecule has 144 valence electrons. The lowest BCUT2D eigenvalue weighted by Gasteiger charge is -2.11. The number of guanidine groups is 1. The third-order valence-corrected chi connectivity index (χ3v) is 5.18. The Labute approximate surface area is 160 Å². The highest BCUT2D eigenvalue weighted by Gasteiger charge is 2.13. The van der Waals surface area contributed by atoms with E-state index in [4.69, 9.17) is 4.99 Å². The zero-order valence-corrected chi connectivity index (χ0v) is 17.6. The molecular formula is C18H31N7S. The molecule has 2 aromatic rings. The van der Waals surface area contributed by atoms with Gasteiger partial charge in [-0.15, -0.1) is 11.3 Å². The molecule has 2 rings (SSSR count). The SMILES string of the molecule is CCNC(=NCc1c(CC)nn(C)c1CC)NCc1csc(N(C)C)n1. The number of hydrogen-bond acceptors (Lipinski definition) is 5. The van der Waals surface area contributed by atoms with Crippen molar-refractivity contribution >= 4 is 22.4 Å². The van der Waals surface area contributed by atoms with E-state index in [0.29, 0.717) is 13.1 Å². The second kappa shape index (κ2) is 9.56. The molecule has 2 N–H and O–H groups in total. The number of aryl methyl sites for hydroxylation is 2. The van der Waals surface area contributed by atoms with Gasteiger partial charge in [-0.25, -0.2) is 9.98 Å². The first-order valence-corrected chi connectivity index (χ1v) is 10.1. The Hall–Kier alpha value is -2.09. The van der Waals surface area contributed by atoms with Crippen LogP contribution in [-0.2, 0) is 33.0 Å². The fraction of sp³-hybridized carbons (Fsp3) is 0.611. The topological polar surface area (TPSA) is 70.4 Å². The molecule has 2 aromatic heterocycles. The number of hydrogen-bond donors (Lipinski definition) is 2. The fourth-order valence-corrected chi connectivity index (χ4v) is 3.59. The molecule has 0 bridgehead atoms. The van der Waals surface area contributed by atoms with Crippen LogP contribution in [0.15, 0.2) is 10.4 Å². The lowest BCUT2D eigenvalue weighted by molar-refractivity contribution is 0.703. The molecule has 0 spiro atoms. The quantitative estimate of drug-likeness (QED) is 0.546. The molecule has 0 aliphatic carbocycles. The van der Waals surface area contributed by atoms with E-state index in [1.165, 1.54) is 11.3 Å². The summed E-state index contributed by atoms with van der Waals surface area (Å²) in [5.41, 5.74) is 4.67. The molecule has 26 heavy (non-hydrogen) atoms. The van der Waals surface area contributed by atoms with Crippen molar-refractivity contribution in [2.24, 2.45) is 12.0 Å². The van der Waals surface area contributed by atoms with Crippen LogP contribution in [0.5, 0.6) is 0 Å². The van der Waals surface area contributed by atoms with Gasteiger partial charge >= 0.3 is 0 Å². The Kier molecular flexibility index (Phi) is 7.44. The average Bonchev–Trinajstić information content (AvgIpc) is 3.21. The van der Waals surface area contributed by atoms with Crippen LogP contribution in [0.4, 0.5) is 5.13 Å². The van der Waals surface area contributed by atoms with Gasteiger partial charge in [0.15, 0.2) is 11.1 Å². The van der Waals surface area contributed by atoms with Gasteiger partial charge in [-0.2, -0.15) is 5.10 Å². The van der Waals surface area contributed by atoms with E-state index in [-0.39, 0.29) is 0 Å². The molecule has 0 fully saturated rings. The summed E-state index contributed by atoms with van der Waals surface area (Å²) < 4.78 is 1.99. The highest BCUT2D eigenvalue weighted by Crippen LogP contribution is 2.18. The van der Waals surface area contributed by atoms with E-state index in [9.17, 15) is 0 Å². The van der Waals surface area contributed by atoms with Crippen LogP contribution in [0.2, 0.25) is 0 Å². The van der Waals surface area contributed by atoms with Crippen LogP contribution >= 0.6 is 11.3 Å². The van der Waals surface area contributed by atoms with Crippen molar-refractivity contribution in [1.29, 1.82) is 0 Å². The zero-order chi connectivity index (χ0) is 19.1. The Morgan fingerprint density at radius 2 is 2.00 bits per heavy atom. The Morgan fingerprint density at radius 1 is 1.23 bits per heavy atom. The molecule has 0 aliphatic heterocycles. The predicted molar refractivity (Wildman–Crippen MR) is 110 cm³/mol. The van der Waals surface area contributed by atoms with Gasteiger partial charge in [0.2, 0.25) is 0 Å². The smallest absolute Gasteiger partial charge is 0.191 e. The molecule has 8 heteroatoms. The maximum absolute atomic E-state index is 4.78. The van der Waals surface area contributed by atoms with Crippen LogP contribution in [0, 0.1) is 0 Å². The van der Waals surface area contributed by atoms with E-state index in [0.717, 1.165) is 41.9 Å². The second-order valence-corrected chi connectivity index (χ2v) is 7.10. The van der Waals surface area contributed by atoms with Gasteiger partial charge in [-0.05, 0) is 19.8 Å². The van der Waals surface area contributed by atoms with E-state index in [2.05, 4.69) is 46.9 Å². The Morgan fingerprint density at radius 3 is 2.58 bits per heavy atom. The number of rotatable bonds is 8. The normalized spacial score (nSPS) is 11.7. The summed E-state index contributed by atoms with van der Waals surface area (Å²) in [5.74, 6) is 0.805. The van der Waals surface area contributed by atoms with Crippen LogP contribution in [0.25, 0.3) is 0 Å². The number of anilines is 1. The van der Waals surface area contributed by atoms with E-state index >= 15 is 0 Å². The van der Waals surface area contributed by atoms with Gasteiger partial charge < -0.3 is 15.5 Å². The third kappa shape index (κ3) is 4.97. The predicted octanol–water partition coefficient (Wildman–Crippen LogP) is 2.32. The molecule has 0 amide bonds. The summed E-state index contributed by atoms with van der Waals surface area (Å²) in [4.78, 5) is 11.4. The lowest BCUT2D eigenvalue weighted by atomic mass is 10.1. The maximum Gasteiger partial charge on any atom is 0.191 e. The van der Waals surface area contributed by atoms with Crippen LogP contribution < -0.4 is 15.5 Å². The zero-order valence-electron chi connectivity index (χ0n) is 16.8. The van der Waals surface area contributed by atoms with Crippen molar-refractivity contribution < 1.29 is 0 Å². The first-order chi connectivity index (χ1) is 12.5. The lowest BCUT2D eigenvalue weighted by Crippen LogP contribution is -2.36. The van der Waals surface area contributed by atoms with Crippen molar-refractivity contribution in [1.82, 2.24) is 25.4 Å². The Balaban J connectivity index is 2.09. The van der Waals surface area contributed by atoms with Gasteiger partial charge in [0, 0.05) is 44.3 Å². The summed E-state index contributed by atoms with van der Waals surface area (Å²) in [6.45, 7) is 8.49. The summed E-state index contributed by atoms with van der Waals surface area (Å²) >= 11 is 1.65. The summed E-state index contributed by atoms with van der Waals surface area (Å²) in [6, 6.07) is 0. The van der Waals surface area contributed by atoms with Crippen LogP contribution in [-0.4, -0.2) is 41.4 Å². The minimum absolute atomic E-state index is 0.634. The molecule has 0 saturated carbocycles. The standard InChI is InChI=1S/C18H31N7S/c1-7-15-14(16(8-2)25(6)23-15)11-21-17(19-9-3)20-10-13-12-26-18(22-13)24(4)5/h12H,7-11H2,1-6H3,(H2,19,20,21). The molecular weight excluding hydrogens is 346 g/mol. The molecule has 7 nitrogen and oxygen atoms in total. The van der Waals surface area contributed by atoms with E-state index in [1.807, 2.05) is 30.7 Å². The summed E-state index contributed by atoms with van der Waals surface area (Å²) in [5, 5.41) is 14.4. The monoisotopic (exact) mass is 377 g/mol. The van der Waals surface area contributed by atoms with Crippen molar-refractivity contribution in [2.45, 2.75) is 46.7 Å². The molecule has 0 aromatic carbocycles. The molecule has 0 atom stereocenters. The first-order valence-electron chi connectivity index (χ1n) is 9.17. The largest absolute Gasteiger partial charge is 0.357 e. The highest BCUT2D eigenvalue weighted by atomic mass is 32.1. The summed E-state index contributed by atoms with van der Waals surface area (Å²) in [6.07, 6.45) is 1.89. The fourth-order valence-electron chi connectivity index (χ4n) is 2.83. The minimum atomic E-state index is 0.634. The van der Waals surface area contributed by atoms with Gasteiger partial charge in [-0.1, -0.05) is 13.8 Å². The molecule has 0 unspecified atom stereocenters. The number of nitrogens with zero attached hydrogens (tertiary/aromatic N) is 5. The van der Waals surface area contributed by atoms with Crippen LogP contribution in [0.1, 0.15) is 43.4 Å². The molecule has 0 saturated heterocycles. The van der Waals surface area contributed by atoms with Gasteiger partial charge in [0.05, 0.1) is 24.5 Å². The summed E-state index contributed by atoms with van der Waals surface area (Å²) in [7, 11) is 6.03. The highest BCUT2D eigenvalue weighted by molar-refractivity contribution is 7.13. The molecule has 0 aliphatic rings. The second-order valence-electron chi connectivity index (χ2n) is 6.27. The minimum Gasteiger partial charge on any atom is -0.357 e. The van der Waals surface area contributed by atoms with Crippen molar-refractivity contribution in [3.8, 4) is 0 Å². The van der Waals surface area contributed by atoms with E-state index < -0.39 is 0 Å².